The average Bonchev–Trinajstić information content (AvgIpc) is 2.45. The molecule has 130 valence electrons. The molecule has 2 aliphatic rings. The lowest BCUT2D eigenvalue weighted by atomic mass is 9.83. The Morgan fingerprint density at radius 1 is 1.27 bits per heavy atom. The molecule has 0 aromatic heterocycles. The molecule has 1 amide bonds. The van der Waals surface area contributed by atoms with Crippen molar-refractivity contribution in [2.75, 3.05) is 19.8 Å². The van der Waals surface area contributed by atoms with Crippen molar-refractivity contribution in [2.45, 2.75) is 56.8 Å². The van der Waals surface area contributed by atoms with E-state index in [0.717, 1.165) is 19.3 Å². The van der Waals surface area contributed by atoms with Gasteiger partial charge in [0.15, 0.2) is 0 Å². The fourth-order valence-corrected chi connectivity index (χ4v) is 3.14. The summed E-state index contributed by atoms with van der Waals surface area (Å²) >= 11 is 0. The van der Waals surface area contributed by atoms with Gasteiger partial charge in [0.25, 0.3) is 0 Å². The monoisotopic (exact) mass is 344 g/mol. The molecule has 0 spiro atoms. The fourth-order valence-electron chi connectivity index (χ4n) is 3.14. The molecule has 0 aromatic carbocycles. The van der Waals surface area contributed by atoms with Gasteiger partial charge in [-0.2, -0.15) is 13.2 Å². The van der Waals surface area contributed by atoms with Crippen LogP contribution < -0.4 is 10.6 Å². The number of rotatable bonds is 4. The molecule has 2 unspecified atom stereocenters. The lowest BCUT2D eigenvalue weighted by molar-refractivity contribution is -0.174. The first-order valence-corrected chi connectivity index (χ1v) is 7.64. The minimum absolute atomic E-state index is 0. The van der Waals surface area contributed by atoms with Gasteiger partial charge in [-0.15, -0.1) is 12.4 Å². The highest BCUT2D eigenvalue weighted by Crippen LogP contribution is 2.34. The maximum atomic E-state index is 13.2. The van der Waals surface area contributed by atoms with Gasteiger partial charge in [0, 0.05) is 19.0 Å². The summed E-state index contributed by atoms with van der Waals surface area (Å²) in [6.07, 6.45) is -0.674. The highest BCUT2D eigenvalue weighted by molar-refractivity contribution is 5.85. The SMILES string of the molecule is Cl.O=C(CC1COCCN1)NC(C1CCCCC1)C(F)(F)F. The van der Waals surface area contributed by atoms with E-state index in [9.17, 15) is 18.0 Å². The van der Waals surface area contributed by atoms with Gasteiger partial charge in [-0.25, -0.2) is 0 Å². The summed E-state index contributed by atoms with van der Waals surface area (Å²) in [7, 11) is 0. The molecule has 1 saturated carbocycles. The van der Waals surface area contributed by atoms with Gasteiger partial charge in [0.1, 0.15) is 6.04 Å². The summed E-state index contributed by atoms with van der Waals surface area (Å²) in [6, 6.07) is -1.91. The van der Waals surface area contributed by atoms with Crippen LogP contribution in [0.5, 0.6) is 0 Å². The summed E-state index contributed by atoms with van der Waals surface area (Å²) in [5.74, 6) is -1.04. The van der Waals surface area contributed by atoms with Gasteiger partial charge in [0.05, 0.1) is 13.2 Å². The third-order valence-electron chi connectivity index (χ3n) is 4.22. The molecule has 2 N–H and O–H groups in total. The number of halogens is 4. The number of carbonyl (C=O) groups excluding carboxylic acids is 1. The summed E-state index contributed by atoms with van der Waals surface area (Å²) in [5.41, 5.74) is 0. The molecule has 0 bridgehead atoms. The van der Waals surface area contributed by atoms with E-state index >= 15 is 0 Å². The zero-order valence-corrected chi connectivity index (χ0v) is 13.3. The summed E-state index contributed by atoms with van der Waals surface area (Å²) < 4.78 is 44.8. The minimum Gasteiger partial charge on any atom is -0.378 e. The van der Waals surface area contributed by atoms with Gasteiger partial charge in [-0.1, -0.05) is 19.3 Å². The molecule has 1 aliphatic carbocycles. The Hall–Kier alpha value is -0.530. The Balaban J connectivity index is 0.00000242. The van der Waals surface area contributed by atoms with Crippen LogP contribution in [0.2, 0.25) is 0 Å². The number of hydrogen-bond donors (Lipinski definition) is 2. The number of amides is 1. The van der Waals surface area contributed by atoms with Crippen LogP contribution >= 0.6 is 12.4 Å². The Morgan fingerprint density at radius 3 is 2.50 bits per heavy atom. The predicted molar refractivity (Wildman–Crippen MR) is 79.0 cm³/mol. The third kappa shape index (κ3) is 5.93. The lowest BCUT2D eigenvalue weighted by Gasteiger charge is -2.33. The molecule has 1 saturated heterocycles. The van der Waals surface area contributed by atoms with E-state index in [1.165, 1.54) is 0 Å². The molecule has 4 nitrogen and oxygen atoms in total. The first-order valence-electron chi connectivity index (χ1n) is 7.64. The Labute approximate surface area is 134 Å². The molecule has 0 aromatic rings. The molecule has 2 fully saturated rings. The second-order valence-electron chi connectivity index (χ2n) is 5.91. The van der Waals surface area contributed by atoms with Crippen LogP contribution in [0.1, 0.15) is 38.5 Å². The number of morpholine rings is 1. The molecule has 2 atom stereocenters. The Kier molecular flexibility index (Phi) is 7.93. The number of ether oxygens (including phenoxy) is 1. The van der Waals surface area contributed by atoms with Gasteiger partial charge in [-0.05, 0) is 18.8 Å². The minimum atomic E-state index is -4.38. The van der Waals surface area contributed by atoms with Crippen LogP contribution in [0.3, 0.4) is 0 Å². The Morgan fingerprint density at radius 2 is 1.95 bits per heavy atom. The van der Waals surface area contributed by atoms with E-state index in [1.54, 1.807) is 0 Å². The lowest BCUT2D eigenvalue weighted by Crippen LogP contribution is -2.52. The van der Waals surface area contributed by atoms with Crippen LogP contribution in [0.4, 0.5) is 13.2 Å². The number of hydrogen-bond acceptors (Lipinski definition) is 3. The third-order valence-corrected chi connectivity index (χ3v) is 4.22. The van der Waals surface area contributed by atoms with E-state index in [1.807, 2.05) is 0 Å². The molecule has 2 rings (SSSR count). The summed E-state index contributed by atoms with van der Waals surface area (Å²) in [5, 5.41) is 5.29. The first kappa shape index (κ1) is 19.5. The molecule has 22 heavy (non-hydrogen) atoms. The number of carbonyl (C=O) groups is 1. The van der Waals surface area contributed by atoms with Crippen LogP contribution in [0.25, 0.3) is 0 Å². The molecule has 8 heteroatoms. The number of nitrogens with one attached hydrogen (secondary N) is 2. The van der Waals surface area contributed by atoms with Crippen LogP contribution in [-0.2, 0) is 9.53 Å². The zero-order chi connectivity index (χ0) is 15.3. The Bertz CT molecular complexity index is 343. The van der Waals surface area contributed by atoms with E-state index in [-0.39, 0.29) is 24.9 Å². The maximum absolute atomic E-state index is 13.2. The van der Waals surface area contributed by atoms with Gasteiger partial charge in [-0.3, -0.25) is 4.79 Å². The van der Waals surface area contributed by atoms with E-state index in [2.05, 4.69) is 10.6 Å². The van der Waals surface area contributed by atoms with Gasteiger partial charge >= 0.3 is 6.18 Å². The highest BCUT2D eigenvalue weighted by Gasteiger charge is 2.45. The molecule has 0 radical (unpaired) electrons. The highest BCUT2D eigenvalue weighted by atomic mass is 35.5. The van der Waals surface area contributed by atoms with E-state index in [0.29, 0.717) is 32.6 Å². The molecule has 1 heterocycles. The van der Waals surface area contributed by atoms with Crippen LogP contribution in [0.15, 0.2) is 0 Å². The second-order valence-corrected chi connectivity index (χ2v) is 5.91. The topological polar surface area (TPSA) is 50.4 Å². The second kappa shape index (κ2) is 8.93. The van der Waals surface area contributed by atoms with E-state index < -0.39 is 24.0 Å². The fraction of sp³-hybridized carbons (Fsp3) is 0.929. The predicted octanol–water partition coefficient (Wildman–Crippen LogP) is 2.41. The normalized spacial score (nSPS) is 25.1. The maximum Gasteiger partial charge on any atom is 0.408 e. The van der Waals surface area contributed by atoms with Crippen molar-refractivity contribution in [2.24, 2.45) is 5.92 Å². The van der Waals surface area contributed by atoms with Crippen molar-refractivity contribution in [1.82, 2.24) is 10.6 Å². The summed E-state index contributed by atoms with van der Waals surface area (Å²) in [6.45, 7) is 1.57. The molecule has 1 aliphatic heterocycles. The quantitative estimate of drug-likeness (QED) is 0.823. The molecular weight excluding hydrogens is 321 g/mol. The van der Waals surface area contributed by atoms with Gasteiger partial charge in [0.2, 0.25) is 5.91 Å². The van der Waals surface area contributed by atoms with Crippen molar-refractivity contribution in [1.29, 1.82) is 0 Å². The van der Waals surface area contributed by atoms with Crippen molar-refractivity contribution in [3.8, 4) is 0 Å². The van der Waals surface area contributed by atoms with Crippen LogP contribution in [-0.4, -0.2) is 43.9 Å². The standard InChI is InChI=1S/C14H23F3N2O2.ClH/c15-14(16,17)13(10-4-2-1-3-5-10)19-12(20)8-11-9-21-7-6-18-11;/h10-11,13,18H,1-9H2,(H,19,20);1H. The largest absolute Gasteiger partial charge is 0.408 e. The van der Waals surface area contributed by atoms with Crippen molar-refractivity contribution in [3.05, 3.63) is 0 Å². The zero-order valence-electron chi connectivity index (χ0n) is 12.5. The molecular formula is C14H24ClF3N2O2. The smallest absolute Gasteiger partial charge is 0.378 e. The summed E-state index contributed by atoms with van der Waals surface area (Å²) in [4.78, 5) is 11.9. The first-order chi connectivity index (χ1) is 9.97. The van der Waals surface area contributed by atoms with Crippen molar-refractivity contribution >= 4 is 18.3 Å². The van der Waals surface area contributed by atoms with Crippen molar-refractivity contribution in [3.63, 3.8) is 0 Å². The van der Waals surface area contributed by atoms with Gasteiger partial charge < -0.3 is 15.4 Å². The number of alkyl halides is 3. The van der Waals surface area contributed by atoms with Crippen LogP contribution in [0, 0.1) is 5.92 Å². The van der Waals surface area contributed by atoms with Crippen molar-refractivity contribution < 1.29 is 22.7 Å². The average molecular weight is 345 g/mol. The van der Waals surface area contributed by atoms with E-state index in [4.69, 9.17) is 4.74 Å².